The molecule has 0 radical (unpaired) electrons. The number of benzene rings is 1. The van der Waals surface area contributed by atoms with E-state index in [1.165, 1.54) is 18.2 Å². The van der Waals surface area contributed by atoms with E-state index < -0.39 is 22.4 Å². The van der Waals surface area contributed by atoms with Gasteiger partial charge in [-0.25, -0.2) is 0 Å². The molecular weight excluding hydrogens is 220 g/mol. The van der Waals surface area contributed by atoms with Crippen LogP contribution in [0.25, 0.3) is 5.76 Å². The van der Waals surface area contributed by atoms with Crippen LogP contribution < -0.4 is 0 Å². The minimum atomic E-state index is -1.01. The number of phenolic OH excluding ortho intramolecular Hbond substituents is 1. The van der Waals surface area contributed by atoms with Gasteiger partial charge in [0.05, 0.1) is 5.56 Å². The van der Waals surface area contributed by atoms with Gasteiger partial charge in [0.1, 0.15) is 16.5 Å². The van der Waals surface area contributed by atoms with E-state index in [0.717, 1.165) is 0 Å². The molecule has 5 heteroatoms. The van der Waals surface area contributed by atoms with Gasteiger partial charge in [0.15, 0.2) is 0 Å². The van der Waals surface area contributed by atoms with E-state index in [2.05, 4.69) is 0 Å². The summed E-state index contributed by atoms with van der Waals surface area (Å²) in [6.45, 7) is 0. The molecule has 2 N–H and O–H groups in total. The second-order valence-corrected chi connectivity index (χ2v) is 3.40. The van der Waals surface area contributed by atoms with E-state index in [1.54, 1.807) is 0 Å². The number of aromatic hydroxyl groups is 1. The van der Waals surface area contributed by atoms with Crippen molar-refractivity contribution in [2.45, 2.75) is 0 Å². The number of aliphatic hydroxyl groups is 1. The molecule has 1 aliphatic carbocycles. The number of ketones is 2. The van der Waals surface area contributed by atoms with E-state index in [0.29, 0.717) is 0 Å². The third-order valence-electron chi connectivity index (χ3n) is 2.14. The molecule has 1 aromatic rings. The molecule has 0 unspecified atom stereocenters. The molecule has 4 nitrogen and oxygen atoms in total. The number of carbonyl (C=O) groups is 2. The Morgan fingerprint density at radius 3 is 2.40 bits per heavy atom. The molecule has 0 bridgehead atoms. The molecule has 0 fully saturated rings. The van der Waals surface area contributed by atoms with Gasteiger partial charge >= 0.3 is 0 Å². The van der Waals surface area contributed by atoms with Crippen LogP contribution in [0.3, 0.4) is 0 Å². The van der Waals surface area contributed by atoms with E-state index in [1.807, 2.05) is 0 Å². The number of allylic oxidation sites excluding steroid dienone is 1. The van der Waals surface area contributed by atoms with Crippen LogP contribution in [0.2, 0.25) is 0 Å². The average molecular weight is 225 g/mol. The zero-order valence-electron chi connectivity index (χ0n) is 7.32. The monoisotopic (exact) mass is 224 g/mol. The minimum Gasteiger partial charge on any atom is -0.507 e. The number of fused-ring (bicyclic) bond motifs is 1. The molecule has 1 aromatic carbocycles. The second-order valence-electron chi connectivity index (χ2n) is 3.02. The second kappa shape index (κ2) is 3.10. The predicted molar refractivity (Wildman–Crippen MR) is 52.8 cm³/mol. The number of Topliss-reactive ketones (excluding diaryl/α,β-unsaturated/α-hetero) is 2. The average Bonchev–Trinajstić information content (AvgIpc) is 2.23. The lowest BCUT2D eigenvalue weighted by Gasteiger charge is -2.14. The first kappa shape index (κ1) is 9.73. The fraction of sp³-hybridized carbons (Fsp3) is 0. The summed E-state index contributed by atoms with van der Waals surface area (Å²) in [4.78, 5) is 22.7. The third-order valence-corrected chi connectivity index (χ3v) is 2.49. The molecule has 15 heavy (non-hydrogen) atoms. The molecule has 76 valence electrons. The molecule has 0 heterocycles. The van der Waals surface area contributed by atoms with Crippen molar-refractivity contribution in [3.63, 3.8) is 0 Å². The van der Waals surface area contributed by atoms with Gasteiger partial charge in [-0.15, -0.1) is 0 Å². The van der Waals surface area contributed by atoms with Crippen molar-refractivity contribution in [1.29, 1.82) is 0 Å². The zero-order valence-corrected chi connectivity index (χ0v) is 8.08. The van der Waals surface area contributed by atoms with E-state index in [9.17, 15) is 19.8 Å². The van der Waals surface area contributed by atoms with Crippen LogP contribution in [0.1, 0.15) is 15.9 Å². The normalized spacial score (nSPS) is 15.5. The van der Waals surface area contributed by atoms with Gasteiger partial charge in [-0.05, 0) is 6.07 Å². The van der Waals surface area contributed by atoms with Gasteiger partial charge in [-0.2, -0.15) is 0 Å². The van der Waals surface area contributed by atoms with Crippen LogP contribution in [-0.4, -0.2) is 21.8 Å². The molecule has 0 saturated carbocycles. The van der Waals surface area contributed by atoms with Crippen molar-refractivity contribution in [3.8, 4) is 5.75 Å². The van der Waals surface area contributed by atoms with Crippen LogP contribution in [-0.2, 0) is 4.79 Å². The number of halogens is 1. The summed E-state index contributed by atoms with van der Waals surface area (Å²) in [5, 5.41) is 18.4. The molecule has 0 saturated heterocycles. The van der Waals surface area contributed by atoms with Gasteiger partial charge in [-0.3, -0.25) is 9.59 Å². The predicted octanol–water partition coefficient (Wildman–Crippen LogP) is 1.62. The fourth-order valence-electron chi connectivity index (χ4n) is 1.42. The topological polar surface area (TPSA) is 74.6 Å². The Morgan fingerprint density at radius 2 is 1.73 bits per heavy atom. The van der Waals surface area contributed by atoms with Crippen LogP contribution in [0.15, 0.2) is 23.2 Å². The third kappa shape index (κ3) is 1.22. The largest absolute Gasteiger partial charge is 0.507 e. The van der Waals surface area contributed by atoms with E-state index in [4.69, 9.17) is 11.6 Å². The fourth-order valence-corrected chi connectivity index (χ4v) is 1.60. The van der Waals surface area contributed by atoms with Gasteiger partial charge in [0, 0.05) is 5.56 Å². The van der Waals surface area contributed by atoms with Crippen molar-refractivity contribution in [1.82, 2.24) is 0 Å². The molecular formula is C10H5ClO4. The molecule has 1 aliphatic rings. The summed E-state index contributed by atoms with van der Waals surface area (Å²) in [6, 6.07) is 4.10. The SMILES string of the molecule is O=C1C(=O)c2c(O)cccc2C(O)=C1Cl. The summed E-state index contributed by atoms with van der Waals surface area (Å²) in [5.74, 6) is -2.75. The Kier molecular flexibility index (Phi) is 2.01. The lowest BCUT2D eigenvalue weighted by molar-refractivity contribution is -0.111. The lowest BCUT2D eigenvalue weighted by atomic mass is 9.93. The summed E-state index contributed by atoms with van der Waals surface area (Å²) in [6.07, 6.45) is 0. The highest BCUT2D eigenvalue weighted by atomic mass is 35.5. The molecule has 0 aromatic heterocycles. The zero-order chi connectivity index (χ0) is 11.2. The summed E-state index contributed by atoms with van der Waals surface area (Å²) in [7, 11) is 0. The van der Waals surface area contributed by atoms with Crippen molar-refractivity contribution in [2.24, 2.45) is 0 Å². The maximum Gasteiger partial charge on any atom is 0.248 e. The van der Waals surface area contributed by atoms with Crippen LogP contribution in [0.4, 0.5) is 0 Å². The van der Waals surface area contributed by atoms with Gasteiger partial charge < -0.3 is 10.2 Å². The van der Waals surface area contributed by atoms with Crippen LogP contribution in [0, 0.1) is 0 Å². The molecule has 0 atom stereocenters. The van der Waals surface area contributed by atoms with Gasteiger partial charge in [0.25, 0.3) is 0 Å². The first-order valence-corrected chi connectivity index (χ1v) is 4.42. The smallest absolute Gasteiger partial charge is 0.248 e. The van der Waals surface area contributed by atoms with Crippen molar-refractivity contribution in [2.75, 3.05) is 0 Å². The number of aliphatic hydroxyl groups excluding tert-OH is 1. The molecule has 0 aliphatic heterocycles. The molecule has 0 spiro atoms. The summed E-state index contributed by atoms with van der Waals surface area (Å²) < 4.78 is 0. The lowest BCUT2D eigenvalue weighted by Crippen LogP contribution is -2.21. The highest BCUT2D eigenvalue weighted by Gasteiger charge is 2.33. The Bertz CT molecular complexity index is 516. The number of rotatable bonds is 0. The highest BCUT2D eigenvalue weighted by Crippen LogP contribution is 2.34. The molecule has 2 rings (SSSR count). The Labute approximate surface area is 89.4 Å². The first-order chi connectivity index (χ1) is 7.04. The van der Waals surface area contributed by atoms with E-state index in [-0.39, 0.29) is 16.9 Å². The van der Waals surface area contributed by atoms with Crippen molar-refractivity contribution in [3.05, 3.63) is 34.4 Å². The maximum atomic E-state index is 11.5. The van der Waals surface area contributed by atoms with Crippen molar-refractivity contribution < 1.29 is 19.8 Å². The Morgan fingerprint density at radius 1 is 1.07 bits per heavy atom. The summed E-state index contributed by atoms with van der Waals surface area (Å²) in [5.41, 5.74) is -0.131. The minimum absolute atomic E-state index is 0.0737. The number of carbonyl (C=O) groups excluding carboxylic acids is 2. The number of phenols is 1. The maximum absolute atomic E-state index is 11.5. The van der Waals surface area contributed by atoms with Gasteiger partial charge in [0.2, 0.25) is 11.6 Å². The standard InChI is InChI=1S/C10H5ClO4/c11-7-8(13)4-2-1-3-5(12)6(4)9(14)10(7)15/h1-3,12-13H. The number of hydrogen-bond acceptors (Lipinski definition) is 4. The van der Waals surface area contributed by atoms with Crippen LogP contribution >= 0.6 is 11.6 Å². The Hall–Kier alpha value is -1.81. The Balaban J connectivity index is 2.84. The van der Waals surface area contributed by atoms with E-state index >= 15 is 0 Å². The highest BCUT2D eigenvalue weighted by molar-refractivity contribution is 6.64. The first-order valence-electron chi connectivity index (χ1n) is 4.04. The quantitative estimate of drug-likeness (QED) is 0.657. The van der Waals surface area contributed by atoms with Crippen molar-refractivity contribution >= 4 is 28.9 Å². The summed E-state index contributed by atoms with van der Waals surface area (Å²) >= 11 is 5.47. The molecule has 0 amide bonds. The number of hydrogen-bond donors (Lipinski definition) is 2. The van der Waals surface area contributed by atoms with Crippen LogP contribution in [0.5, 0.6) is 5.75 Å². The van der Waals surface area contributed by atoms with Gasteiger partial charge in [-0.1, -0.05) is 23.7 Å².